The van der Waals surface area contributed by atoms with E-state index in [1.165, 1.54) is 57.8 Å². The Kier molecular flexibility index (Phi) is 5.33. The van der Waals surface area contributed by atoms with E-state index in [4.69, 9.17) is 5.41 Å². The van der Waals surface area contributed by atoms with Crippen LogP contribution in [0.1, 0.15) is 82.4 Å². The molecule has 6 heteroatoms. The van der Waals surface area contributed by atoms with Crippen LogP contribution in [0.2, 0.25) is 0 Å². The molecule has 4 bridgehead atoms. The Bertz CT molecular complexity index is 1150. The smallest absolute Gasteiger partial charge is 0.280 e. The van der Waals surface area contributed by atoms with E-state index in [2.05, 4.69) is 9.88 Å². The molecule has 2 saturated heterocycles. The zero-order chi connectivity index (χ0) is 22.5. The molecule has 172 valence electrons. The zero-order valence-corrected chi connectivity index (χ0v) is 19.2. The Morgan fingerprint density at radius 1 is 0.909 bits per heavy atom. The van der Waals surface area contributed by atoms with Crippen molar-refractivity contribution in [1.82, 2.24) is 14.5 Å². The van der Waals surface area contributed by atoms with Gasteiger partial charge in [-0.25, -0.2) is 4.98 Å². The van der Waals surface area contributed by atoms with Gasteiger partial charge in [0.1, 0.15) is 6.07 Å². The molecule has 1 N–H and O–H groups in total. The Morgan fingerprint density at radius 2 is 1.58 bits per heavy atom. The Hall–Kier alpha value is -2.52. The monoisotopic (exact) mass is 443 g/mol. The van der Waals surface area contributed by atoms with E-state index < -0.39 is 0 Å². The van der Waals surface area contributed by atoms with E-state index in [9.17, 15) is 10.1 Å². The van der Waals surface area contributed by atoms with Crippen LogP contribution in [0.4, 0.5) is 0 Å². The first-order chi connectivity index (χ1) is 16.1. The molecule has 3 unspecified atom stereocenters. The largest absolute Gasteiger partial charge is 0.302 e. The van der Waals surface area contributed by atoms with Crippen LogP contribution in [-0.2, 0) is 0 Å². The van der Waals surface area contributed by atoms with Crippen LogP contribution >= 0.6 is 0 Å². The number of hydrogen-bond acceptors (Lipinski definition) is 5. The molecule has 2 aliphatic heterocycles. The van der Waals surface area contributed by atoms with E-state index >= 15 is 0 Å². The summed E-state index contributed by atoms with van der Waals surface area (Å²) in [5.41, 5.74) is 0.902. The van der Waals surface area contributed by atoms with Gasteiger partial charge in [-0.15, -0.1) is 0 Å². The minimum absolute atomic E-state index is 0.0103. The summed E-state index contributed by atoms with van der Waals surface area (Å²) in [6.45, 7) is 0. The Balaban J connectivity index is 1.36. The van der Waals surface area contributed by atoms with Gasteiger partial charge in [-0.3, -0.25) is 15.1 Å². The van der Waals surface area contributed by atoms with Gasteiger partial charge < -0.3 is 4.57 Å². The third-order valence-electron chi connectivity index (χ3n) is 9.04. The molecule has 1 aromatic heterocycles. The van der Waals surface area contributed by atoms with Crippen LogP contribution in [0.5, 0.6) is 0 Å². The molecule has 6 rings (SSSR count). The van der Waals surface area contributed by atoms with Gasteiger partial charge in [0.15, 0.2) is 11.4 Å². The molecule has 0 spiro atoms. The third kappa shape index (κ3) is 3.61. The summed E-state index contributed by atoms with van der Waals surface area (Å²) in [6.07, 6.45) is 14.2. The molecule has 2 aliphatic carbocycles. The second kappa shape index (κ2) is 8.36. The van der Waals surface area contributed by atoms with Crippen molar-refractivity contribution in [3.63, 3.8) is 0 Å². The van der Waals surface area contributed by atoms with Gasteiger partial charge in [-0.2, -0.15) is 5.26 Å². The molecule has 2 saturated carbocycles. The first-order valence-corrected chi connectivity index (χ1v) is 12.9. The van der Waals surface area contributed by atoms with E-state index in [1.54, 1.807) is 0 Å². The lowest BCUT2D eigenvalue weighted by atomic mass is 9.68. The summed E-state index contributed by atoms with van der Waals surface area (Å²) in [5.74, 6) is 1.85. The highest BCUT2D eigenvalue weighted by Crippen LogP contribution is 2.47. The minimum atomic E-state index is -0.342. The number of nitrogens with one attached hydrogen (secondary N) is 1. The fourth-order valence-corrected chi connectivity index (χ4v) is 7.87. The van der Waals surface area contributed by atoms with E-state index in [1.807, 2.05) is 34.9 Å². The second-order valence-electron chi connectivity index (χ2n) is 10.9. The van der Waals surface area contributed by atoms with Crippen molar-refractivity contribution in [3.05, 3.63) is 40.3 Å². The van der Waals surface area contributed by atoms with Crippen molar-refractivity contribution >= 4 is 16.7 Å². The van der Waals surface area contributed by atoms with Crippen molar-refractivity contribution < 1.29 is 0 Å². The molecule has 2 aromatic rings. The summed E-state index contributed by atoms with van der Waals surface area (Å²) in [5, 5.41) is 17.3. The Morgan fingerprint density at radius 3 is 2.27 bits per heavy atom. The highest BCUT2D eigenvalue weighted by Gasteiger charge is 2.45. The highest BCUT2D eigenvalue weighted by atomic mass is 16.1. The molecular formula is C27H33N5O. The molecule has 3 heterocycles. The van der Waals surface area contributed by atoms with Crippen LogP contribution in [0, 0.1) is 28.6 Å². The zero-order valence-electron chi connectivity index (χ0n) is 19.2. The summed E-state index contributed by atoms with van der Waals surface area (Å²) in [6, 6.07) is 11.4. The second-order valence-corrected chi connectivity index (χ2v) is 10.9. The SMILES string of the molecule is N#CC(=N)c1nc2ccccc2n(C2C[C@H]3CCC[C@@H](C2)N3C2CC3CCCC(C3)C2)c1=O. The lowest BCUT2D eigenvalue weighted by Crippen LogP contribution is -2.58. The van der Waals surface area contributed by atoms with Crippen LogP contribution < -0.4 is 5.56 Å². The standard InChI is InChI=1S/C27H33N5O/c28-16-23(29)26-27(33)32(25-10-2-1-9-24(25)30-26)22-14-19-7-4-8-20(15-22)31(19)21-12-17-5-3-6-18(11-17)13-21/h1-2,9-10,17-22,29H,3-8,11-15H2/t17?,18?,19-,20+,21?,22?. The maximum absolute atomic E-state index is 13.5. The first-order valence-electron chi connectivity index (χ1n) is 12.9. The molecule has 4 fully saturated rings. The number of para-hydroxylation sites is 2. The van der Waals surface area contributed by atoms with Gasteiger partial charge in [0, 0.05) is 24.2 Å². The molecule has 1 aromatic carbocycles. The molecule has 6 nitrogen and oxygen atoms in total. The highest BCUT2D eigenvalue weighted by molar-refractivity contribution is 6.08. The lowest BCUT2D eigenvalue weighted by Gasteiger charge is -2.55. The minimum Gasteiger partial charge on any atom is -0.302 e. The third-order valence-corrected chi connectivity index (χ3v) is 9.04. The van der Waals surface area contributed by atoms with Gasteiger partial charge in [0.25, 0.3) is 5.56 Å². The number of piperidine rings is 2. The van der Waals surface area contributed by atoms with Crippen LogP contribution in [0.3, 0.4) is 0 Å². The van der Waals surface area contributed by atoms with Gasteiger partial charge in [0.05, 0.1) is 11.0 Å². The molecular weight excluding hydrogens is 410 g/mol. The molecule has 0 radical (unpaired) electrons. The van der Waals surface area contributed by atoms with E-state index in [0.717, 1.165) is 36.2 Å². The van der Waals surface area contributed by atoms with Crippen molar-refractivity contribution in [1.29, 1.82) is 10.7 Å². The number of nitriles is 1. The average molecular weight is 444 g/mol. The predicted octanol–water partition coefficient (Wildman–Crippen LogP) is 4.81. The van der Waals surface area contributed by atoms with Crippen molar-refractivity contribution in [2.24, 2.45) is 11.8 Å². The molecule has 33 heavy (non-hydrogen) atoms. The topological polar surface area (TPSA) is 85.8 Å². The predicted molar refractivity (Wildman–Crippen MR) is 128 cm³/mol. The van der Waals surface area contributed by atoms with Crippen LogP contribution in [-0.4, -0.2) is 38.3 Å². The van der Waals surface area contributed by atoms with Gasteiger partial charge in [0.2, 0.25) is 0 Å². The van der Waals surface area contributed by atoms with Crippen LogP contribution in [0.25, 0.3) is 11.0 Å². The molecule has 4 aliphatic rings. The van der Waals surface area contributed by atoms with Gasteiger partial charge in [-0.1, -0.05) is 37.8 Å². The van der Waals surface area contributed by atoms with Crippen molar-refractivity contribution in [2.45, 2.75) is 94.8 Å². The lowest BCUT2D eigenvalue weighted by molar-refractivity contribution is -0.0485. The van der Waals surface area contributed by atoms with Crippen LogP contribution in [0.15, 0.2) is 29.1 Å². The van der Waals surface area contributed by atoms with E-state index in [0.29, 0.717) is 17.6 Å². The Labute approximate surface area is 195 Å². The van der Waals surface area contributed by atoms with Gasteiger partial charge >= 0.3 is 0 Å². The molecule has 5 atom stereocenters. The number of hydrogen-bond donors (Lipinski definition) is 1. The normalized spacial score (nSPS) is 34.0. The summed E-state index contributed by atoms with van der Waals surface area (Å²) in [7, 11) is 0. The fourth-order valence-electron chi connectivity index (χ4n) is 7.87. The summed E-state index contributed by atoms with van der Waals surface area (Å²) < 4.78 is 1.89. The number of nitrogens with zero attached hydrogens (tertiary/aromatic N) is 4. The van der Waals surface area contributed by atoms with Crippen molar-refractivity contribution in [3.8, 4) is 6.07 Å². The number of fused-ring (bicyclic) bond motifs is 5. The van der Waals surface area contributed by atoms with E-state index in [-0.39, 0.29) is 23.0 Å². The quantitative estimate of drug-likeness (QED) is 0.690. The number of aromatic nitrogens is 2. The fraction of sp³-hybridized carbons (Fsp3) is 0.630. The average Bonchev–Trinajstić information content (AvgIpc) is 2.82. The summed E-state index contributed by atoms with van der Waals surface area (Å²) >= 11 is 0. The number of benzene rings is 1. The maximum atomic E-state index is 13.5. The maximum Gasteiger partial charge on any atom is 0.280 e. The summed E-state index contributed by atoms with van der Waals surface area (Å²) in [4.78, 5) is 20.8. The van der Waals surface area contributed by atoms with Crippen molar-refractivity contribution in [2.75, 3.05) is 0 Å². The molecule has 0 amide bonds. The number of rotatable bonds is 3. The van der Waals surface area contributed by atoms with Gasteiger partial charge in [-0.05, 0) is 68.9 Å². The first kappa shape index (κ1) is 21.0.